The van der Waals surface area contributed by atoms with Gasteiger partial charge in [0.25, 0.3) is 5.91 Å². The number of aromatic nitrogens is 2. The van der Waals surface area contributed by atoms with Gasteiger partial charge in [-0.15, -0.1) is 0 Å². The lowest BCUT2D eigenvalue weighted by atomic mass is 10.1. The third-order valence-corrected chi connectivity index (χ3v) is 4.69. The maximum atomic E-state index is 12.6. The second-order valence-electron chi connectivity index (χ2n) is 7.41. The maximum Gasteiger partial charge on any atom is 0.251 e. The summed E-state index contributed by atoms with van der Waals surface area (Å²) in [4.78, 5) is 26.1. The minimum Gasteiger partial charge on any atom is -0.355 e. The van der Waals surface area contributed by atoms with Crippen LogP contribution in [0.25, 0.3) is 5.69 Å². The highest BCUT2D eigenvalue weighted by Crippen LogP contribution is 2.18. The number of nitrogens with zero attached hydrogens (tertiary/aromatic N) is 3. The van der Waals surface area contributed by atoms with E-state index in [1.165, 1.54) is 0 Å². The number of anilines is 1. The molecule has 156 valence electrons. The molecule has 0 aliphatic carbocycles. The van der Waals surface area contributed by atoms with E-state index >= 15 is 0 Å². The van der Waals surface area contributed by atoms with Gasteiger partial charge in [0, 0.05) is 25.2 Å². The highest BCUT2D eigenvalue weighted by molar-refractivity contribution is 5.94. The van der Waals surface area contributed by atoms with Gasteiger partial charge < -0.3 is 10.6 Å². The molecule has 1 aromatic heterocycles. The number of benzene rings is 2. The highest BCUT2D eigenvalue weighted by Gasteiger charge is 2.13. The number of aryl methyl sites for hydroxylation is 2. The van der Waals surface area contributed by atoms with Crippen molar-refractivity contribution in [2.24, 2.45) is 0 Å². The molecular formula is C23H27N5O2. The minimum atomic E-state index is -0.118. The molecular weight excluding hydrogens is 378 g/mol. The van der Waals surface area contributed by atoms with Gasteiger partial charge >= 0.3 is 0 Å². The fourth-order valence-electron chi connectivity index (χ4n) is 3.17. The fourth-order valence-corrected chi connectivity index (χ4v) is 3.17. The van der Waals surface area contributed by atoms with Crippen molar-refractivity contribution in [3.8, 4) is 5.69 Å². The van der Waals surface area contributed by atoms with Gasteiger partial charge in [-0.3, -0.25) is 14.5 Å². The lowest BCUT2D eigenvalue weighted by Gasteiger charge is -2.17. The summed E-state index contributed by atoms with van der Waals surface area (Å²) in [6.07, 6.45) is 0. The number of carbonyl (C=O) groups excluding carboxylic acids is 2. The lowest BCUT2D eigenvalue weighted by molar-refractivity contribution is -0.117. The molecule has 2 amide bonds. The van der Waals surface area contributed by atoms with Gasteiger partial charge in [-0.2, -0.15) is 5.10 Å². The quantitative estimate of drug-likeness (QED) is 0.634. The number of nitrogens with one attached hydrogen (secondary N) is 2. The van der Waals surface area contributed by atoms with E-state index in [9.17, 15) is 9.59 Å². The molecule has 0 radical (unpaired) electrons. The average molecular weight is 406 g/mol. The molecule has 1 heterocycles. The fraction of sp³-hybridized carbons (Fsp3) is 0.261. The van der Waals surface area contributed by atoms with Crippen LogP contribution >= 0.6 is 0 Å². The van der Waals surface area contributed by atoms with Crippen LogP contribution in [-0.2, 0) is 11.3 Å². The predicted octanol–water partition coefficient (Wildman–Crippen LogP) is 2.92. The van der Waals surface area contributed by atoms with Crippen molar-refractivity contribution >= 4 is 17.6 Å². The molecule has 3 rings (SSSR count). The zero-order valence-corrected chi connectivity index (χ0v) is 17.8. The van der Waals surface area contributed by atoms with Crippen molar-refractivity contribution in [3.05, 3.63) is 77.0 Å². The molecule has 2 N–H and O–H groups in total. The third-order valence-electron chi connectivity index (χ3n) is 4.69. The lowest BCUT2D eigenvalue weighted by Crippen LogP contribution is -2.30. The van der Waals surface area contributed by atoms with Gasteiger partial charge in [-0.25, -0.2) is 4.68 Å². The molecule has 0 bridgehead atoms. The third kappa shape index (κ3) is 5.33. The van der Waals surface area contributed by atoms with Gasteiger partial charge in [0.15, 0.2) is 0 Å². The Morgan fingerprint density at radius 3 is 2.33 bits per heavy atom. The first-order chi connectivity index (χ1) is 14.4. The van der Waals surface area contributed by atoms with Crippen LogP contribution in [0.5, 0.6) is 0 Å². The molecule has 0 aliphatic rings. The summed E-state index contributed by atoms with van der Waals surface area (Å²) in [5.74, 6) is 0.409. The highest BCUT2D eigenvalue weighted by atomic mass is 16.2. The summed E-state index contributed by atoms with van der Waals surface area (Å²) < 4.78 is 1.74. The number of carbonyl (C=O) groups is 2. The van der Waals surface area contributed by atoms with Crippen molar-refractivity contribution in [2.45, 2.75) is 20.4 Å². The Hall–Kier alpha value is -3.45. The Bertz CT molecular complexity index is 1020. The normalized spacial score (nSPS) is 10.8. The minimum absolute atomic E-state index is 0.116. The van der Waals surface area contributed by atoms with E-state index in [1.54, 1.807) is 23.9 Å². The van der Waals surface area contributed by atoms with Gasteiger partial charge in [-0.05, 0) is 50.7 Å². The number of rotatable bonds is 7. The van der Waals surface area contributed by atoms with E-state index in [2.05, 4.69) is 15.7 Å². The Morgan fingerprint density at radius 2 is 1.70 bits per heavy atom. The second-order valence-corrected chi connectivity index (χ2v) is 7.41. The molecule has 0 saturated heterocycles. The summed E-state index contributed by atoms with van der Waals surface area (Å²) in [5, 5.41) is 10.1. The van der Waals surface area contributed by atoms with E-state index in [-0.39, 0.29) is 18.4 Å². The Labute approximate surface area is 176 Å². The summed E-state index contributed by atoms with van der Waals surface area (Å²) in [7, 11) is 3.49. The Morgan fingerprint density at radius 1 is 1.03 bits per heavy atom. The van der Waals surface area contributed by atoms with Gasteiger partial charge in [0.1, 0.15) is 5.82 Å². The first kappa shape index (κ1) is 21.3. The first-order valence-corrected chi connectivity index (χ1v) is 9.79. The predicted molar refractivity (Wildman–Crippen MR) is 118 cm³/mol. The average Bonchev–Trinajstić information content (AvgIpc) is 3.08. The summed E-state index contributed by atoms with van der Waals surface area (Å²) >= 11 is 0. The molecule has 0 atom stereocenters. The molecule has 0 fully saturated rings. The Balaban J connectivity index is 1.62. The summed E-state index contributed by atoms with van der Waals surface area (Å²) in [5.41, 5.74) is 4.53. The monoisotopic (exact) mass is 405 g/mol. The van der Waals surface area contributed by atoms with Crippen molar-refractivity contribution in [1.29, 1.82) is 0 Å². The van der Waals surface area contributed by atoms with E-state index in [1.807, 2.05) is 68.3 Å². The molecule has 30 heavy (non-hydrogen) atoms. The van der Waals surface area contributed by atoms with Crippen LogP contribution in [0.2, 0.25) is 0 Å². The Kier molecular flexibility index (Phi) is 6.64. The van der Waals surface area contributed by atoms with E-state index in [0.717, 1.165) is 22.5 Å². The van der Waals surface area contributed by atoms with Crippen molar-refractivity contribution in [2.75, 3.05) is 26.0 Å². The van der Waals surface area contributed by atoms with Crippen LogP contribution in [-0.4, -0.2) is 47.1 Å². The van der Waals surface area contributed by atoms with Crippen LogP contribution in [0.15, 0.2) is 54.6 Å². The molecule has 0 unspecified atom stereocenters. The van der Waals surface area contributed by atoms with Gasteiger partial charge in [-0.1, -0.05) is 29.8 Å². The van der Waals surface area contributed by atoms with Crippen LogP contribution in [0.4, 0.5) is 5.82 Å². The molecule has 2 aromatic carbocycles. The second kappa shape index (κ2) is 9.37. The van der Waals surface area contributed by atoms with E-state index in [4.69, 9.17) is 0 Å². The van der Waals surface area contributed by atoms with Crippen LogP contribution in [0, 0.1) is 13.8 Å². The molecule has 0 spiro atoms. The van der Waals surface area contributed by atoms with Gasteiger partial charge in [0.2, 0.25) is 5.91 Å². The topological polar surface area (TPSA) is 79.3 Å². The summed E-state index contributed by atoms with van der Waals surface area (Å²) in [6, 6.07) is 17.2. The SMILES string of the molecule is CNC(=O)c1ccc(CN(C)CC(=O)Nc2cc(C)nn2-c2ccc(C)cc2)cc1. The number of hydrogen-bond donors (Lipinski definition) is 2. The molecule has 7 heteroatoms. The first-order valence-electron chi connectivity index (χ1n) is 9.79. The van der Waals surface area contributed by atoms with Crippen LogP contribution in [0.1, 0.15) is 27.2 Å². The number of hydrogen-bond acceptors (Lipinski definition) is 4. The number of likely N-dealkylation sites (N-methyl/N-ethyl adjacent to an activating group) is 1. The molecule has 0 aliphatic heterocycles. The standard InChI is InChI=1S/C23H27N5O2/c1-16-5-11-20(12-6-16)28-21(13-17(2)26-28)25-22(29)15-27(4)14-18-7-9-19(10-8-18)23(30)24-3/h5-13H,14-15H2,1-4H3,(H,24,30)(H,25,29). The maximum absolute atomic E-state index is 12.6. The number of amides is 2. The molecule has 3 aromatic rings. The molecule has 7 nitrogen and oxygen atoms in total. The zero-order chi connectivity index (χ0) is 21.7. The van der Waals surface area contributed by atoms with Crippen molar-refractivity contribution < 1.29 is 9.59 Å². The molecule has 0 saturated carbocycles. The van der Waals surface area contributed by atoms with E-state index < -0.39 is 0 Å². The van der Waals surface area contributed by atoms with E-state index in [0.29, 0.717) is 17.9 Å². The smallest absolute Gasteiger partial charge is 0.251 e. The van der Waals surface area contributed by atoms with Crippen LogP contribution in [0.3, 0.4) is 0 Å². The largest absolute Gasteiger partial charge is 0.355 e. The van der Waals surface area contributed by atoms with Crippen molar-refractivity contribution in [3.63, 3.8) is 0 Å². The zero-order valence-electron chi connectivity index (χ0n) is 17.8. The van der Waals surface area contributed by atoms with Gasteiger partial charge in [0.05, 0.1) is 17.9 Å². The summed E-state index contributed by atoms with van der Waals surface area (Å²) in [6.45, 7) is 4.75. The van der Waals surface area contributed by atoms with Crippen LogP contribution < -0.4 is 10.6 Å². The van der Waals surface area contributed by atoms with Crippen molar-refractivity contribution in [1.82, 2.24) is 20.0 Å².